The molecule has 1 fully saturated rings. The molecule has 4 heteroatoms. The fourth-order valence-electron chi connectivity index (χ4n) is 3.52. The number of nitrogens with one attached hydrogen (secondary N) is 1. The third-order valence-electron chi connectivity index (χ3n) is 4.73. The highest BCUT2D eigenvalue weighted by Crippen LogP contribution is 2.24. The predicted molar refractivity (Wildman–Crippen MR) is 84.9 cm³/mol. The number of nitrogens with zero attached hydrogens (tertiary/aromatic N) is 1. The van der Waals surface area contributed by atoms with Gasteiger partial charge in [0.1, 0.15) is 0 Å². The van der Waals surface area contributed by atoms with Crippen molar-refractivity contribution in [3.05, 3.63) is 29.3 Å². The first-order valence-corrected chi connectivity index (χ1v) is 8.10. The molecule has 2 aliphatic rings. The molecule has 3 rings (SSSR count). The molecule has 0 radical (unpaired) electrons. The topological polar surface area (TPSA) is 58.4 Å². The van der Waals surface area contributed by atoms with Crippen LogP contribution in [0.3, 0.4) is 0 Å². The van der Waals surface area contributed by atoms with Crippen LogP contribution in [0.4, 0.5) is 5.69 Å². The molecule has 0 bridgehead atoms. The van der Waals surface area contributed by atoms with Gasteiger partial charge in [-0.1, -0.05) is 31.4 Å². The lowest BCUT2D eigenvalue weighted by molar-refractivity contribution is -0.123. The van der Waals surface area contributed by atoms with Crippen molar-refractivity contribution in [2.75, 3.05) is 18.8 Å². The van der Waals surface area contributed by atoms with Crippen LogP contribution in [0.2, 0.25) is 0 Å². The summed E-state index contributed by atoms with van der Waals surface area (Å²) in [4.78, 5) is 14.4. The summed E-state index contributed by atoms with van der Waals surface area (Å²) in [6, 6.07) is 6.50. The van der Waals surface area contributed by atoms with Gasteiger partial charge in [-0.15, -0.1) is 0 Å². The van der Waals surface area contributed by atoms with Crippen LogP contribution in [0, 0.1) is 0 Å². The monoisotopic (exact) mass is 287 g/mol. The Morgan fingerprint density at radius 1 is 1.29 bits per heavy atom. The minimum atomic E-state index is 0.167. The number of rotatable bonds is 3. The van der Waals surface area contributed by atoms with Gasteiger partial charge in [-0.2, -0.15) is 0 Å². The summed E-state index contributed by atoms with van der Waals surface area (Å²) in [6.45, 7) is 2.22. The van der Waals surface area contributed by atoms with Crippen molar-refractivity contribution < 1.29 is 4.79 Å². The van der Waals surface area contributed by atoms with Gasteiger partial charge in [-0.05, 0) is 36.5 Å². The van der Waals surface area contributed by atoms with Crippen LogP contribution in [0.25, 0.3) is 0 Å². The molecule has 0 unspecified atom stereocenters. The van der Waals surface area contributed by atoms with Crippen molar-refractivity contribution in [2.24, 2.45) is 0 Å². The Bertz CT molecular complexity index is 509. The number of benzene rings is 1. The first-order chi connectivity index (χ1) is 10.2. The zero-order valence-electron chi connectivity index (χ0n) is 12.6. The molecule has 21 heavy (non-hydrogen) atoms. The molecular formula is C17H25N3O. The van der Waals surface area contributed by atoms with Crippen molar-refractivity contribution >= 4 is 11.6 Å². The average molecular weight is 287 g/mol. The molecule has 1 aliphatic carbocycles. The van der Waals surface area contributed by atoms with Crippen LogP contribution in [0.15, 0.2) is 18.2 Å². The summed E-state index contributed by atoms with van der Waals surface area (Å²) < 4.78 is 0. The van der Waals surface area contributed by atoms with E-state index in [0.717, 1.165) is 38.0 Å². The largest absolute Gasteiger partial charge is 0.398 e. The molecule has 1 amide bonds. The van der Waals surface area contributed by atoms with E-state index in [2.05, 4.69) is 16.3 Å². The Balaban J connectivity index is 1.54. The quantitative estimate of drug-likeness (QED) is 0.837. The lowest BCUT2D eigenvalue weighted by Gasteiger charge is -2.30. The fraction of sp³-hybridized carbons (Fsp3) is 0.588. The number of nitrogen functional groups attached to an aromatic ring is 1. The van der Waals surface area contributed by atoms with Gasteiger partial charge < -0.3 is 11.1 Å². The van der Waals surface area contributed by atoms with E-state index in [9.17, 15) is 4.79 Å². The minimum absolute atomic E-state index is 0.167. The Labute approximate surface area is 126 Å². The molecule has 1 aromatic rings. The zero-order valence-corrected chi connectivity index (χ0v) is 12.6. The molecule has 1 aliphatic heterocycles. The minimum Gasteiger partial charge on any atom is -0.398 e. The third kappa shape index (κ3) is 3.56. The number of hydrogen-bond acceptors (Lipinski definition) is 3. The van der Waals surface area contributed by atoms with Crippen LogP contribution in [-0.2, 0) is 17.8 Å². The van der Waals surface area contributed by atoms with Crippen LogP contribution < -0.4 is 11.1 Å². The smallest absolute Gasteiger partial charge is 0.234 e. The van der Waals surface area contributed by atoms with Crippen LogP contribution in [-0.4, -0.2) is 29.9 Å². The molecule has 1 heterocycles. The molecule has 1 aromatic carbocycles. The van der Waals surface area contributed by atoms with Crippen molar-refractivity contribution in [1.82, 2.24) is 10.2 Å². The molecule has 0 atom stereocenters. The lowest BCUT2D eigenvalue weighted by atomic mass is 9.95. The molecular weight excluding hydrogens is 262 g/mol. The van der Waals surface area contributed by atoms with Gasteiger partial charge in [0, 0.05) is 24.8 Å². The number of nitrogens with two attached hydrogens (primary N) is 1. The van der Waals surface area contributed by atoms with Gasteiger partial charge in [-0.25, -0.2) is 0 Å². The molecule has 1 saturated carbocycles. The number of fused-ring (bicyclic) bond motifs is 1. The number of carbonyl (C=O) groups excluding carboxylic acids is 1. The number of amides is 1. The summed E-state index contributed by atoms with van der Waals surface area (Å²) in [7, 11) is 0. The van der Waals surface area contributed by atoms with E-state index in [1.165, 1.54) is 30.4 Å². The van der Waals surface area contributed by atoms with E-state index in [0.29, 0.717) is 12.6 Å². The Hall–Kier alpha value is -1.55. The van der Waals surface area contributed by atoms with Crippen molar-refractivity contribution in [2.45, 2.75) is 51.1 Å². The lowest BCUT2D eigenvalue weighted by Crippen LogP contribution is -2.44. The highest BCUT2D eigenvalue weighted by Gasteiger charge is 2.21. The zero-order chi connectivity index (χ0) is 14.7. The highest BCUT2D eigenvalue weighted by molar-refractivity contribution is 5.78. The van der Waals surface area contributed by atoms with Crippen LogP contribution in [0.1, 0.15) is 43.2 Å². The summed E-state index contributed by atoms with van der Waals surface area (Å²) in [5.74, 6) is 0.167. The SMILES string of the molecule is Nc1cccc2c1CN(CC(=O)NC1CCCCC1)CC2. The van der Waals surface area contributed by atoms with Gasteiger partial charge in [0.2, 0.25) is 5.91 Å². The standard InChI is InChI=1S/C17H25N3O/c18-16-8-4-5-13-9-10-20(11-15(13)16)12-17(21)19-14-6-2-1-3-7-14/h4-5,8,14H,1-3,6-7,9-12,18H2,(H,19,21). The van der Waals surface area contributed by atoms with Gasteiger partial charge in [0.25, 0.3) is 0 Å². The van der Waals surface area contributed by atoms with Crippen LogP contribution in [0.5, 0.6) is 0 Å². The fourth-order valence-corrected chi connectivity index (χ4v) is 3.52. The molecule has 3 N–H and O–H groups in total. The summed E-state index contributed by atoms with van der Waals surface area (Å²) in [5, 5.41) is 3.19. The number of carbonyl (C=O) groups is 1. The maximum atomic E-state index is 12.2. The Morgan fingerprint density at radius 2 is 2.10 bits per heavy atom. The van der Waals surface area contributed by atoms with E-state index in [-0.39, 0.29) is 5.91 Å². The second-order valence-corrected chi connectivity index (χ2v) is 6.35. The van der Waals surface area contributed by atoms with Crippen LogP contribution >= 0.6 is 0 Å². The van der Waals surface area contributed by atoms with E-state index in [1.807, 2.05) is 12.1 Å². The first kappa shape index (κ1) is 14.4. The van der Waals surface area contributed by atoms with Gasteiger partial charge >= 0.3 is 0 Å². The molecule has 4 nitrogen and oxygen atoms in total. The van der Waals surface area contributed by atoms with Crippen molar-refractivity contribution in [3.63, 3.8) is 0 Å². The number of anilines is 1. The van der Waals surface area contributed by atoms with Crippen molar-refractivity contribution in [1.29, 1.82) is 0 Å². The Kier molecular flexibility index (Phi) is 4.44. The maximum Gasteiger partial charge on any atom is 0.234 e. The Morgan fingerprint density at radius 3 is 2.90 bits per heavy atom. The average Bonchev–Trinajstić information content (AvgIpc) is 2.49. The van der Waals surface area contributed by atoms with E-state index >= 15 is 0 Å². The van der Waals surface area contributed by atoms with Gasteiger partial charge in [0.05, 0.1) is 6.54 Å². The summed E-state index contributed by atoms with van der Waals surface area (Å²) >= 11 is 0. The normalized spacial score (nSPS) is 20.0. The second kappa shape index (κ2) is 6.48. The van der Waals surface area contributed by atoms with Crippen molar-refractivity contribution in [3.8, 4) is 0 Å². The first-order valence-electron chi connectivity index (χ1n) is 8.10. The van der Waals surface area contributed by atoms with Gasteiger partial charge in [-0.3, -0.25) is 9.69 Å². The maximum absolute atomic E-state index is 12.2. The predicted octanol–water partition coefficient (Wildman–Crippen LogP) is 2.08. The third-order valence-corrected chi connectivity index (χ3v) is 4.73. The molecule has 0 aromatic heterocycles. The molecule has 0 spiro atoms. The van der Waals surface area contributed by atoms with Gasteiger partial charge in [0.15, 0.2) is 0 Å². The van der Waals surface area contributed by atoms with E-state index in [1.54, 1.807) is 0 Å². The number of hydrogen-bond donors (Lipinski definition) is 2. The highest BCUT2D eigenvalue weighted by atomic mass is 16.2. The molecule has 0 saturated heterocycles. The second-order valence-electron chi connectivity index (χ2n) is 6.35. The summed E-state index contributed by atoms with van der Waals surface area (Å²) in [5.41, 5.74) is 9.44. The molecule has 114 valence electrons. The van der Waals surface area contributed by atoms with E-state index < -0.39 is 0 Å². The van der Waals surface area contributed by atoms with E-state index in [4.69, 9.17) is 5.73 Å². The summed E-state index contributed by atoms with van der Waals surface area (Å²) in [6.07, 6.45) is 7.08.